The van der Waals surface area contributed by atoms with Crippen molar-refractivity contribution < 1.29 is 0 Å². The molecule has 0 atom stereocenters. The van der Waals surface area contributed by atoms with Gasteiger partial charge >= 0.3 is 0 Å². The highest BCUT2D eigenvalue weighted by molar-refractivity contribution is 6.22. The molecule has 10 rings (SSSR count). The lowest BCUT2D eigenvalue weighted by atomic mass is 9.95. The van der Waals surface area contributed by atoms with E-state index in [2.05, 4.69) is 149 Å². The predicted molar refractivity (Wildman–Crippen MR) is 199 cm³/mol. The van der Waals surface area contributed by atoms with Crippen molar-refractivity contribution in [2.45, 2.75) is 0 Å². The number of nitrogens with zero attached hydrogens (tertiary/aromatic N) is 4. The zero-order valence-electron chi connectivity index (χ0n) is 25.8. The molecule has 0 N–H and O–H groups in total. The number of hydrogen-bond donors (Lipinski definition) is 0. The van der Waals surface area contributed by atoms with Crippen molar-refractivity contribution in [2.75, 3.05) is 0 Å². The molecule has 6 aromatic carbocycles. The first kappa shape index (κ1) is 26.7. The van der Waals surface area contributed by atoms with Crippen LogP contribution in [0.25, 0.3) is 98.8 Å². The van der Waals surface area contributed by atoms with Gasteiger partial charge in [0.15, 0.2) is 0 Å². The Balaban J connectivity index is 1.03. The first-order valence-corrected chi connectivity index (χ1v) is 16.1. The summed E-state index contributed by atoms with van der Waals surface area (Å²) in [6.45, 7) is 0. The Labute approximate surface area is 276 Å². The minimum Gasteiger partial charge on any atom is -0.254 e. The van der Waals surface area contributed by atoms with Crippen LogP contribution < -0.4 is 0 Å². The van der Waals surface area contributed by atoms with Crippen LogP contribution in [0.15, 0.2) is 158 Å². The molecule has 0 fully saturated rings. The van der Waals surface area contributed by atoms with Gasteiger partial charge < -0.3 is 0 Å². The topological polar surface area (TPSA) is 51.6 Å². The summed E-state index contributed by atoms with van der Waals surface area (Å²) in [4.78, 5) is 19.5. The molecule has 48 heavy (non-hydrogen) atoms. The van der Waals surface area contributed by atoms with E-state index in [0.29, 0.717) is 0 Å². The molecular weight excluding hydrogens is 585 g/mol. The molecule has 0 spiro atoms. The van der Waals surface area contributed by atoms with Gasteiger partial charge in [0.05, 0.1) is 33.5 Å². The molecule has 0 aliphatic carbocycles. The van der Waals surface area contributed by atoms with Crippen molar-refractivity contribution in [2.24, 2.45) is 0 Å². The van der Waals surface area contributed by atoms with Crippen LogP contribution in [0.2, 0.25) is 0 Å². The molecule has 0 saturated heterocycles. The fourth-order valence-electron chi connectivity index (χ4n) is 7.20. The summed E-state index contributed by atoms with van der Waals surface area (Å²) in [7, 11) is 0. The predicted octanol–water partition coefficient (Wildman–Crippen LogP) is 11.2. The Bertz CT molecular complexity index is 2880. The lowest BCUT2D eigenvalue weighted by molar-refractivity contribution is 1.37. The zero-order chi connectivity index (χ0) is 31.6. The normalized spacial score (nSPS) is 11.8. The fourth-order valence-corrected chi connectivity index (χ4v) is 7.20. The lowest BCUT2D eigenvalue weighted by Crippen LogP contribution is -1.91. The van der Waals surface area contributed by atoms with E-state index in [1.54, 1.807) is 0 Å². The van der Waals surface area contributed by atoms with Crippen LogP contribution in [0.4, 0.5) is 0 Å². The second-order valence-corrected chi connectivity index (χ2v) is 12.3. The number of rotatable bonds is 3. The van der Waals surface area contributed by atoms with Crippen molar-refractivity contribution in [3.05, 3.63) is 158 Å². The SMILES string of the molecule is c1ccc2c(c1)ccc1c(-c3ccc(-c4ccc5cc(-c6ccnc7c6ccc6cccnc67)ccc5n4)cc3)nc3ccccc3c12. The molecule has 4 aromatic heterocycles. The van der Waals surface area contributed by atoms with Crippen molar-refractivity contribution in [3.8, 4) is 33.6 Å². The third-order valence-corrected chi connectivity index (χ3v) is 9.53. The van der Waals surface area contributed by atoms with Gasteiger partial charge in [0.2, 0.25) is 0 Å². The quantitative estimate of drug-likeness (QED) is 0.187. The summed E-state index contributed by atoms with van der Waals surface area (Å²) in [5.74, 6) is 0. The Morgan fingerprint density at radius 1 is 0.375 bits per heavy atom. The lowest BCUT2D eigenvalue weighted by Gasteiger charge is -2.13. The van der Waals surface area contributed by atoms with Crippen molar-refractivity contribution in [1.29, 1.82) is 0 Å². The van der Waals surface area contributed by atoms with Crippen molar-refractivity contribution >= 4 is 65.2 Å². The van der Waals surface area contributed by atoms with Gasteiger partial charge in [-0.1, -0.05) is 109 Å². The Morgan fingerprint density at radius 3 is 2.04 bits per heavy atom. The molecule has 4 heterocycles. The van der Waals surface area contributed by atoms with Crippen LogP contribution in [-0.4, -0.2) is 19.9 Å². The molecule has 4 heteroatoms. The molecule has 0 unspecified atom stereocenters. The van der Waals surface area contributed by atoms with E-state index in [9.17, 15) is 0 Å². The van der Waals surface area contributed by atoms with Gasteiger partial charge in [0, 0.05) is 55.8 Å². The van der Waals surface area contributed by atoms with Crippen LogP contribution in [-0.2, 0) is 0 Å². The number of para-hydroxylation sites is 1. The first-order chi connectivity index (χ1) is 23.8. The number of hydrogen-bond acceptors (Lipinski definition) is 4. The van der Waals surface area contributed by atoms with E-state index in [4.69, 9.17) is 9.97 Å². The van der Waals surface area contributed by atoms with Gasteiger partial charge in [0.25, 0.3) is 0 Å². The highest BCUT2D eigenvalue weighted by atomic mass is 14.7. The molecule has 0 aliphatic heterocycles. The minimum absolute atomic E-state index is 0.919. The van der Waals surface area contributed by atoms with Crippen molar-refractivity contribution in [1.82, 2.24) is 19.9 Å². The Hall–Kier alpha value is -6.52. The van der Waals surface area contributed by atoms with Gasteiger partial charge in [-0.15, -0.1) is 0 Å². The largest absolute Gasteiger partial charge is 0.254 e. The van der Waals surface area contributed by atoms with Gasteiger partial charge in [-0.25, -0.2) is 9.97 Å². The first-order valence-electron chi connectivity index (χ1n) is 16.1. The second-order valence-electron chi connectivity index (χ2n) is 12.3. The Kier molecular flexibility index (Phi) is 5.84. The van der Waals surface area contributed by atoms with E-state index in [1.807, 2.05) is 18.5 Å². The van der Waals surface area contributed by atoms with Crippen LogP contribution >= 0.6 is 0 Å². The van der Waals surface area contributed by atoms with E-state index in [1.165, 1.54) is 21.5 Å². The Morgan fingerprint density at radius 2 is 1.10 bits per heavy atom. The van der Waals surface area contributed by atoms with Gasteiger partial charge in [-0.3, -0.25) is 9.97 Å². The van der Waals surface area contributed by atoms with E-state index >= 15 is 0 Å². The molecule has 0 bridgehead atoms. The van der Waals surface area contributed by atoms with Crippen LogP contribution in [0, 0.1) is 0 Å². The summed E-state index contributed by atoms with van der Waals surface area (Å²) < 4.78 is 0. The van der Waals surface area contributed by atoms with Crippen LogP contribution in [0.1, 0.15) is 0 Å². The third-order valence-electron chi connectivity index (χ3n) is 9.53. The second kappa shape index (κ2) is 10.5. The molecule has 0 aliphatic rings. The summed E-state index contributed by atoms with van der Waals surface area (Å²) >= 11 is 0. The summed E-state index contributed by atoms with van der Waals surface area (Å²) in [5, 5.41) is 9.34. The number of fused-ring (bicyclic) bond motifs is 9. The molecule has 4 nitrogen and oxygen atoms in total. The average molecular weight is 611 g/mol. The van der Waals surface area contributed by atoms with Gasteiger partial charge in [-0.2, -0.15) is 0 Å². The fraction of sp³-hybridized carbons (Fsp3) is 0. The van der Waals surface area contributed by atoms with Crippen LogP contribution in [0.5, 0.6) is 0 Å². The van der Waals surface area contributed by atoms with Gasteiger partial charge in [0.1, 0.15) is 0 Å². The minimum atomic E-state index is 0.919. The molecule has 10 aromatic rings. The highest BCUT2D eigenvalue weighted by Crippen LogP contribution is 2.38. The highest BCUT2D eigenvalue weighted by Gasteiger charge is 2.14. The van der Waals surface area contributed by atoms with Crippen LogP contribution in [0.3, 0.4) is 0 Å². The molecule has 0 amide bonds. The van der Waals surface area contributed by atoms with Crippen molar-refractivity contribution in [3.63, 3.8) is 0 Å². The molecule has 0 radical (unpaired) electrons. The molecule has 0 saturated carbocycles. The maximum atomic E-state index is 5.17. The molecular formula is C44H26N4. The standard InChI is InChI=1S/C44H26N4/c1-2-8-34-27(6-1)15-20-37-41(34)36-9-3-4-10-40(36)48-42(37)30-13-11-28(12-14-30)38-22-18-32-26-31(17-21-39(32)47-38)33-23-25-46-44-35(33)19-16-29-7-5-24-45-43(29)44/h1-26H. The maximum absolute atomic E-state index is 5.17. The van der Waals surface area contributed by atoms with E-state index in [-0.39, 0.29) is 0 Å². The third kappa shape index (κ3) is 4.16. The average Bonchev–Trinajstić information content (AvgIpc) is 3.16. The van der Waals surface area contributed by atoms with E-state index in [0.717, 1.165) is 77.3 Å². The number of aromatic nitrogens is 4. The molecule has 222 valence electrons. The maximum Gasteiger partial charge on any atom is 0.0970 e. The number of pyridine rings is 4. The van der Waals surface area contributed by atoms with E-state index < -0.39 is 0 Å². The summed E-state index contributed by atoms with van der Waals surface area (Å²) in [5.41, 5.74) is 10.2. The number of benzene rings is 6. The summed E-state index contributed by atoms with van der Waals surface area (Å²) in [6.07, 6.45) is 3.70. The monoisotopic (exact) mass is 610 g/mol. The smallest absolute Gasteiger partial charge is 0.0970 e. The summed E-state index contributed by atoms with van der Waals surface area (Å²) in [6, 6.07) is 51.3. The zero-order valence-corrected chi connectivity index (χ0v) is 25.8. The van der Waals surface area contributed by atoms with Gasteiger partial charge in [-0.05, 0) is 58.3 Å².